The van der Waals surface area contributed by atoms with E-state index in [1.807, 2.05) is 57.0 Å². The highest BCUT2D eigenvalue weighted by atomic mass is 35.5. The van der Waals surface area contributed by atoms with Gasteiger partial charge in [-0.2, -0.15) is 4.98 Å². The van der Waals surface area contributed by atoms with Crippen LogP contribution in [0.1, 0.15) is 19.0 Å². The molecule has 0 saturated heterocycles. The molecule has 1 atom stereocenters. The fourth-order valence-corrected chi connectivity index (χ4v) is 5.84. The molecule has 0 unspecified atom stereocenters. The summed E-state index contributed by atoms with van der Waals surface area (Å²) < 4.78 is 13.3. The van der Waals surface area contributed by atoms with E-state index >= 15 is 0 Å². The molecule has 14 heteroatoms. The maximum atomic E-state index is 13.1. The van der Waals surface area contributed by atoms with Crippen LogP contribution < -0.4 is 26.4 Å². The summed E-state index contributed by atoms with van der Waals surface area (Å²) in [6.45, 7) is 11.6. The van der Waals surface area contributed by atoms with Crippen LogP contribution in [0.5, 0.6) is 5.75 Å². The second-order valence-electron chi connectivity index (χ2n) is 13.4. The fraction of sp³-hybridized carbons (Fsp3) is 0.471. The number of aromatic nitrogens is 3. The highest BCUT2D eigenvalue weighted by Gasteiger charge is 2.19. The smallest absolute Gasteiger partial charge is 0.248 e. The molecule has 12 nitrogen and oxygen atoms in total. The third-order valence-electron chi connectivity index (χ3n) is 7.70. The third kappa shape index (κ3) is 11.1. The Morgan fingerprint density at radius 2 is 1.94 bits per heavy atom. The van der Waals surface area contributed by atoms with Gasteiger partial charge in [-0.05, 0) is 62.3 Å². The molecule has 3 rings (SSSR count). The van der Waals surface area contributed by atoms with E-state index in [0.717, 1.165) is 30.2 Å². The number of carbonyl (C=O) groups excluding carboxylic acids is 1. The van der Waals surface area contributed by atoms with E-state index in [1.54, 1.807) is 26.4 Å². The van der Waals surface area contributed by atoms with Gasteiger partial charge in [0.05, 0.1) is 29.9 Å². The van der Waals surface area contributed by atoms with Crippen molar-refractivity contribution in [3.05, 3.63) is 53.2 Å². The minimum absolute atomic E-state index is 0.0867. The Kier molecular flexibility index (Phi) is 14.0. The van der Waals surface area contributed by atoms with Crippen molar-refractivity contribution in [2.24, 2.45) is 16.6 Å². The zero-order chi connectivity index (χ0) is 35.6. The number of ether oxygens (including phenoxy) is 2. The predicted molar refractivity (Wildman–Crippen MR) is 203 cm³/mol. The quantitative estimate of drug-likeness (QED) is 0.0411. The number of nitrogens with zero attached hydrogens (tertiary/aromatic N) is 6. The molecule has 1 amide bonds. The van der Waals surface area contributed by atoms with E-state index in [4.69, 9.17) is 32.5 Å². The van der Waals surface area contributed by atoms with E-state index < -0.39 is 8.07 Å². The lowest BCUT2D eigenvalue weighted by Gasteiger charge is -2.25. The number of amides is 1. The van der Waals surface area contributed by atoms with Gasteiger partial charge in [-0.3, -0.25) is 9.79 Å². The number of benzene rings is 1. The first-order valence-electron chi connectivity index (χ1n) is 16.0. The number of carbonyl (C=O) groups is 1. The van der Waals surface area contributed by atoms with Crippen molar-refractivity contribution in [2.75, 3.05) is 70.9 Å². The Morgan fingerprint density at radius 3 is 2.58 bits per heavy atom. The molecule has 0 bridgehead atoms. The molecule has 0 radical (unpaired) electrons. The van der Waals surface area contributed by atoms with Crippen LogP contribution in [-0.4, -0.2) is 94.6 Å². The lowest BCUT2D eigenvalue weighted by molar-refractivity contribution is -0.111. The first kappa shape index (κ1) is 38.5. The van der Waals surface area contributed by atoms with Gasteiger partial charge in [-0.25, -0.2) is 4.98 Å². The lowest BCUT2D eigenvalue weighted by Crippen LogP contribution is -2.29. The Morgan fingerprint density at radius 1 is 1.21 bits per heavy atom. The number of nitrogen functional groups attached to an aromatic ring is 1. The van der Waals surface area contributed by atoms with Crippen LogP contribution in [0.4, 0.5) is 17.1 Å². The van der Waals surface area contributed by atoms with Crippen molar-refractivity contribution < 1.29 is 14.3 Å². The number of nitrogens with one attached hydrogen (secondary N) is 1. The number of rotatable bonds is 17. The van der Waals surface area contributed by atoms with Crippen molar-refractivity contribution in [3.63, 3.8) is 0 Å². The number of anilines is 3. The Bertz CT molecular complexity index is 1650. The summed E-state index contributed by atoms with van der Waals surface area (Å²) in [6, 6.07) is 6.56. The minimum atomic E-state index is -1.20. The fourth-order valence-electron chi connectivity index (χ4n) is 4.91. The normalized spacial score (nSPS) is 13.5. The largest absolute Gasteiger partial charge is 0.495 e. The third-order valence-corrected chi connectivity index (χ3v) is 9.57. The molecule has 262 valence electrons. The number of hydrogen-bond acceptors (Lipinski definition) is 10. The maximum Gasteiger partial charge on any atom is 0.248 e. The molecule has 0 spiro atoms. The van der Waals surface area contributed by atoms with E-state index in [9.17, 15) is 4.79 Å². The summed E-state index contributed by atoms with van der Waals surface area (Å²) in [5.74, 6) is 0.169. The number of fused-ring (bicyclic) bond motifs is 1. The van der Waals surface area contributed by atoms with E-state index in [0.29, 0.717) is 59.5 Å². The van der Waals surface area contributed by atoms with Gasteiger partial charge < -0.3 is 40.6 Å². The molecule has 0 fully saturated rings. The van der Waals surface area contributed by atoms with Crippen molar-refractivity contribution in [1.82, 2.24) is 19.4 Å². The van der Waals surface area contributed by atoms with Gasteiger partial charge in [0.1, 0.15) is 18.1 Å². The molecule has 5 N–H and O–H groups in total. The van der Waals surface area contributed by atoms with E-state index in [2.05, 4.69) is 49.7 Å². The summed E-state index contributed by atoms with van der Waals surface area (Å²) in [6.07, 6.45) is 7.37. The second-order valence-corrected chi connectivity index (χ2v) is 19.4. The second kappa shape index (κ2) is 17.5. The van der Waals surface area contributed by atoms with Crippen LogP contribution in [0.3, 0.4) is 0 Å². The van der Waals surface area contributed by atoms with Gasteiger partial charge in [-0.1, -0.05) is 32.6 Å². The molecule has 2 heterocycles. The average molecular weight is 698 g/mol. The Hall–Kier alpha value is -3.91. The molecule has 2 aromatic heterocycles. The Labute approximate surface area is 290 Å². The number of halogens is 1. The van der Waals surface area contributed by atoms with Crippen LogP contribution in [-0.2, 0) is 16.3 Å². The standard InChI is InChI=1S/C34H52ClN9O3Si/c1-23(10-11-31(45)39-28-19-27(37)30(46-6)20-29(28)43(5)15-14-42(3)4)18-26(36)25(21-38-2)32-24-12-13-44(33(24)41-34(35)40-32)22-47-16-17-48(7,8)9/h10-13,19-21,23H,14-18,22,36-37H2,1-9H3,(H,39,45)/b11-10+,26-25?,38-21?/t23-/m1/s1. The summed E-state index contributed by atoms with van der Waals surface area (Å²) in [7, 11) is 8.03. The summed E-state index contributed by atoms with van der Waals surface area (Å²) >= 11 is 6.41. The van der Waals surface area contributed by atoms with Gasteiger partial charge in [0.2, 0.25) is 11.2 Å². The molecular formula is C34H52ClN9O3Si. The van der Waals surface area contributed by atoms with E-state index in [1.165, 1.54) is 6.08 Å². The number of allylic oxidation sites excluding steroid dienone is 3. The van der Waals surface area contributed by atoms with Crippen LogP contribution >= 0.6 is 11.6 Å². The van der Waals surface area contributed by atoms with Gasteiger partial charge in [0.15, 0.2) is 0 Å². The molecule has 48 heavy (non-hydrogen) atoms. The number of methoxy groups -OCH3 is 1. The number of hydrogen-bond donors (Lipinski definition) is 3. The van der Waals surface area contributed by atoms with Gasteiger partial charge in [0.25, 0.3) is 0 Å². The van der Waals surface area contributed by atoms with Crippen LogP contribution in [0.2, 0.25) is 31.0 Å². The molecule has 0 aliphatic rings. The SMILES string of the molecule is CN=CC(=C(N)C[C@H](C)/C=C/C(=O)Nc1cc(N)c(OC)cc1N(C)CCN(C)C)c1nc(Cl)nc2c1ccn2COCC[Si](C)(C)C. The van der Waals surface area contributed by atoms with E-state index in [-0.39, 0.29) is 17.1 Å². The summed E-state index contributed by atoms with van der Waals surface area (Å²) in [5.41, 5.74) is 17.2. The molecule has 0 aliphatic carbocycles. The van der Waals surface area contributed by atoms with Gasteiger partial charge in [-0.15, -0.1) is 0 Å². The maximum absolute atomic E-state index is 13.1. The number of likely N-dealkylation sites (N-methyl/N-ethyl adjacent to an activating group) is 2. The van der Waals surface area contributed by atoms with Gasteiger partial charge >= 0.3 is 0 Å². The first-order chi connectivity index (χ1) is 22.6. The first-order valence-corrected chi connectivity index (χ1v) is 20.1. The van der Waals surface area contributed by atoms with Crippen LogP contribution in [0.25, 0.3) is 16.6 Å². The summed E-state index contributed by atoms with van der Waals surface area (Å²) in [4.78, 5) is 30.5. The predicted octanol–water partition coefficient (Wildman–Crippen LogP) is 5.58. The Balaban J connectivity index is 1.80. The number of aliphatic imine (C=N–C) groups is 1. The zero-order valence-corrected chi connectivity index (χ0v) is 31.6. The average Bonchev–Trinajstić information content (AvgIpc) is 3.41. The highest BCUT2D eigenvalue weighted by molar-refractivity contribution is 6.76. The van der Waals surface area contributed by atoms with Crippen molar-refractivity contribution >= 4 is 65.5 Å². The van der Waals surface area contributed by atoms with Gasteiger partial charge in [0, 0.05) is 77.0 Å². The van der Waals surface area contributed by atoms with Crippen LogP contribution in [0, 0.1) is 5.92 Å². The van der Waals surface area contributed by atoms with Crippen LogP contribution in [0.15, 0.2) is 47.2 Å². The van der Waals surface area contributed by atoms with Crippen molar-refractivity contribution in [3.8, 4) is 5.75 Å². The molecule has 3 aromatic rings. The molecule has 1 aromatic carbocycles. The topological polar surface area (TPSA) is 149 Å². The summed E-state index contributed by atoms with van der Waals surface area (Å²) in [5, 5.41) is 3.87. The molecular weight excluding hydrogens is 646 g/mol. The molecule has 0 aliphatic heterocycles. The minimum Gasteiger partial charge on any atom is -0.495 e. The molecule has 0 saturated carbocycles. The lowest BCUT2D eigenvalue weighted by atomic mass is 9.99. The van der Waals surface area contributed by atoms with Crippen molar-refractivity contribution in [2.45, 2.75) is 45.8 Å². The van der Waals surface area contributed by atoms with Crippen molar-refractivity contribution in [1.29, 1.82) is 0 Å². The number of nitrogens with two attached hydrogens (primary N) is 2. The highest BCUT2D eigenvalue weighted by Crippen LogP contribution is 2.35. The zero-order valence-electron chi connectivity index (χ0n) is 29.8. The monoisotopic (exact) mass is 697 g/mol.